The van der Waals surface area contributed by atoms with Gasteiger partial charge in [-0.1, -0.05) is 12.2 Å². The van der Waals surface area contributed by atoms with Gasteiger partial charge in [-0.05, 0) is 50.5 Å². The molecule has 1 saturated carbocycles. The van der Waals surface area contributed by atoms with Crippen LogP contribution >= 0.6 is 0 Å². The third kappa shape index (κ3) is 8.11. The summed E-state index contributed by atoms with van der Waals surface area (Å²) in [7, 11) is 1.52. The van der Waals surface area contributed by atoms with E-state index in [9.17, 15) is 45.3 Å². The summed E-state index contributed by atoms with van der Waals surface area (Å²) in [5.74, 6) is -6.34. The first-order chi connectivity index (χ1) is 22.4. The molecule has 0 amide bonds. The monoisotopic (exact) mass is 668 g/mol. The number of carbonyl (C=O) groups excluding carboxylic acids is 1. The molecule has 0 aromatic heterocycles. The fourth-order valence-electron chi connectivity index (χ4n) is 5.94. The van der Waals surface area contributed by atoms with E-state index < -0.39 is 66.7 Å². The van der Waals surface area contributed by atoms with Crippen molar-refractivity contribution in [2.45, 2.75) is 74.1 Å². The van der Waals surface area contributed by atoms with E-state index in [1.54, 1.807) is 4.90 Å². The quantitative estimate of drug-likeness (QED) is 0.0587. The summed E-state index contributed by atoms with van der Waals surface area (Å²) in [4.78, 5) is 26.8. The van der Waals surface area contributed by atoms with Crippen molar-refractivity contribution in [3.05, 3.63) is 60.1 Å². The van der Waals surface area contributed by atoms with Crippen molar-refractivity contribution in [3.8, 4) is 0 Å². The van der Waals surface area contributed by atoms with E-state index in [-0.39, 0.29) is 43.7 Å². The lowest BCUT2D eigenvalue weighted by Gasteiger charge is -2.48. The number of rotatable bonds is 14. The van der Waals surface area contributed by atoms with Crippen LogP contribution in [0.15, 0.2) is 60.1 Å². The number of aliphatic carboxylic acids is 1. The van der Waals surface area contributed by atoms with Crippen LogP contribution in [0.5, 0.6) is 0 Å². The number of nitrogens with one attached hydrogen (secondary N) is 1. The van der Waals surface area contributed by atoms with E-state index in [2.05, 4.69) is 11.9 Å². The highest BCUT2D eigenvalue weighted by Crippen LogP contribution is 2.41. The van der Waals surface area contributed by atoms with Gasteiger partial charge in [-0.3, -0.25) is 5.32 Å². The lowest BCUT2D eigenvalue weighted by molar-refractivity contribution is -0.412. The maximum absolute atomic E-state index is 13.5. The minimum atomic E-state index is -2.96. The molecule has 0 radical (unpaired) electrons. The number of hydrogen-bond acceptors (Lipinski definition) is 15. The number of aliphatic hydroxyl groups excluding tert-OH is 3. The topological polar surface area (TPSA) is 237 Å². The van der Waals surface area contributed by atoms with E-state index in [1.165, 1.54) is 37.6 Å². The van der Waals surface area contributed by atoms with Crippen molar-refractivity contribution in [2.24, 2.45) is 5.92 Å². The van der Waals surface area contributed by atoms with Crippen LogP contribution < -0.4 is 5.32 Å². The van der Waals surface area contributed by atoms with Crippen LogP contribution in [-0.4, -0.2) is 141 Å². The standard InChI is InChI=1S/C31H44N2O14/c1-3-21-28(47-29-25(44-17-32-2)31(41,42)24(36)23(15-35)46-29)43-16-22(27(39)45-20-6-4-5-7-20)30(21,40)9-8-18-12-19(26(37)38)14-33(13-18)10-11-34/h3,8-9,12,14,16,20-21,23-25,28-29,32,34-36,40-42H,1,4-7,10-11,13,15,17H2,2H3,(H,37,38). The maximum Gasteiger partial charge on any atom is 0.340 e. The lowest BCUT2D eigenvalue weighted by atomic mass is 9.78. The second-order valence-electron chi connectivity index (χ2n) is 11.7. The van der Waals surface area contributed by atoms with Gasteiger partial charge in [-0.25, -0.2) is 9.59 Å². The van der Waals surface area contributed by atoms with Crippen molar-refractivity contribution >= 4 is 11.9 Å². The second kappa shape index (κ2) is 15.8. The molecule has 8 N–H and O–H groups in total. The molecule has 0 bridgehead atoms. The molecule has 3 heterocycles. The first kappa shape index (κ1) is 36.7. The molecule has 4 rings (SSSR count). The van der Waals surface area contributed by atoms with E-state index in [0.29, 0.717) is 18.4 Å². The maximum atomic E-state index is 13.5. The smallest absolute Gasteiger partial charge is 0.340 e. The molecule has 3 aliphatic heterocycles. The van der Waals surface area contributed by atoms with Crippen molar-refractivity contribution in [2.75, 3.05) is 40.1 Å². The number of nitrogens with zero attached hydrogens (tertiary/aromatic N) is 1. The number of hydrogen-bond donors (Lipinski definition) is 8. The predicted molar refractivity (Wildman–Crippen MR) is 160 cm³/mol. The van der Waals surface area contributed by atoms with Crippen molar-refractivity contribution < 1.29 is 69.0 Å². The minimum Gasteiger partial charge on any atom is -0.478 e. The number of carbonyl (C=O) groups is 2. The zero-order valence-corrected chi connectivity index (χ0v) is 26.0. The first-order valence-corrected chi connectivity index (χ1v) is 15.3. The van der Waals surface area contributed by atoms with E-state index >= 15 is 0 Å². The van der Waals surface area contributed by atoms with Crippen LogP contribution in [-0.2, 0) is 33.3 Å². The summed E-state index contributed by atoms with van der Waals surface area (Å²) in [5.41, 5.74) is -2.20. The Labute approximate surface area is 271 Å². The minimum absolute atomic E-state index is 0.0691. The molecule has 0 aromatic rings. The van der Waals surface area contributed by atoms with Gasteiger partial charge in [-0.2, -0.15) is 0 Å². The summed E-state index contributed by atoms with van der Waals surface area (Å²) in [6.07, 6.45) is 1.85. The molecule has 16 nitrogen and oxygen atoms in total. The van der Waals surface area contributed by atoms with Crippen LogP contribution in [0.4, 0.5) is 0 Å². The van der Waals surface area contributed by atoms with Gasteiger partial charge in [0.05, 0.1) is 31.4 Å². The Morgan fingerprint density at radius 1 is 1.19 bits per heavy atom. The van der Waals surface area contributed by atoms with Gasteiger partial charge in [0.15, 0.2) is 12.4 Å². The third-order valence-corrected chi connectivity index (χ3v) is 8.45. The highest BCUT2D eigenvalue weighted by molar-refractivity contribution is 5.92. The fourth-order valence-corrected chi connectivity index (χ4v) is 5.94. The Morgan fingerprint density at radius 2 is 1.91 bits per heavy atom. The van der Waals surface area contributed by atoms with E-state index in [4.69, 9.17) is 23.7 Å². The zero-order chi connectivity index (χ0) is 34.4. The average Bonchev–Trinajstić information content (AvgIpc) is 3.54. The fraction of sp³-hybridized carbons (Fsp3) is 0.613. The summed E-state index contributed by atoms with van der Waals surface area (Å²) in [5, 5.41) is 75.7. The summed E-state index contributed by atoms with van der Waals surface area (Å²) < 4.78 is 28.5. The van der Waals surface area contributed by atoms with Gasteiger partial charge in [0.2, 0.25) is 12.1 Å². The number of esters is 1. The zero-order valence-electron chi connectivity index (χ0n) is 26.0. The third-order valence-electron chi connectivity index (χ3n) is 8.45. The Hall–Kier alpha value is -3.16. The normalized spacial score (nSPS) is 32.7. The summed E-state index contributed by atoms with van der Waals surface area (Å²) in [6.45, 7) is 2.82. The summed E-state index contributed by atoms with van der Waals surface area (Å²) >= 11 is 0. The average molecular weight is 669 g/mol. The highest BCUT2D eigenvalue weighted by Gasteiger charge is 2.58. The molecule has 7 unspecified atom stereocenters. The highest BCUT2D eigenvalue weighted by atomic mass is 16.8. The van der Waals surface area contributed by atoms with Crippen LogP contribution in [0.25, 0.3) is 0 Å². The van der Waals surface area contributed by atoms with Crippen molar-refractivity contribution in [1.29, 1.82) is 0 Å². The Bertz CT molecular complexity index is 1260. The lowest BCUT2D eigenvalue weighted by Crippen LogP contribution is -2.69. The Balaban J connectivity index is 1.70. The van der Waals surface area contributed by atoms with Crippen LogP contribution in [0, 0.1) is 5.92 Å². The van der Waals surface area contributed by atoms with Crippen LogP contribution in [0.2, 0.25) is 0 Å². The summed E-state index contributed by atoms with van der Waals surface area (Å²) in [6, 6.07) is 0. The van der Waals surface area contributed by atoms with Gasteiger partial charge >= 0.3 is 11.9 Å². The molecular weight excluding hydrogens is 624 g/mol. The Morgan fingerprint density at radius 3 is 2.53 bits per heavy atom. The molecule has 2 fully saturated rings. The molecule has 16 heteroatoms. The van der Waals surface area contributed by atoms with Gasteiger partial charge in [0.1, 0.15) is 35.7 Å². The van der Waals surface area contributed by atoms with E-state index in [1.807, 2.05) is 0 Å². The predicted octanol–water partition coefficient (Wildman–Crippen LogP) is -1.66. The molecule has 47 heavy (non-hydrogen) atoms. The second-order valence-corrected chi connectivity index (χ2v) is 11.7. The largest absolute Gasteiger partial charge is 0.478 e. The molecule has 4 aliphatic rings. The van der Waals surface area contributed by atoms with Crippen LogP contribution in [0.1, 0.15) is 25.7 Å². The molecule has 262 valence electrons. The number of carboxylic acid groups (broad SMARTS) is 1. The SMILES string of the molecule is C=CC1C(OC2OC(CO)C(O)C(O)(O)C2OCNC)OC=C(C(=O)OC2CCCC2)C1(O)C=CC1=CC(C(=O)O)=CN(CCO)C1. The first-order valence-electron chi connectivity index (χ1n) is 15.3. The molecule has 0 aromatic carbocycles. The number of β-amino-alcohol motifs (C(OH)–C–C–N with tert-alkyl or cyclic N) is 1. The van der Waals surface area contributed by atoms with E-state index in [0.717, 1.165) is 19.1 Å². The van der Waals surface area contributed by atoms with Gasteiger partial charge in [0, 0.05) is 19.3 Å². The van der Waals surface area contributed by atoms with Crippen molar-refractivity contribution in [1.82, 2.24) is 10.2 Å². The van der Waals surface area contributed by atoms with Gasteiger partial charge in [0.25, 0.3) is 0 Å². The molecular formula is C31H44N2O14. The molecule has 0 spiro atoms. The number of carboxylic acids is 1. The van der Waals surface area contributed by atoms with Gasteiger partial charge < -0.3 is 64.3 Å². The van der Waals surface area contributed by atoms with Gasteiger partial charge in [-0.15, -0.1) is 6.58 Å². The molecule has 1 saturated heterocycles. The Kier molecular flexibility index (Phi) is 12.3. The number of aliphatic hydroxyl groups is 6. The van der Waals surface area contributed by atoms with Crippen molar-refractivity contribution in [3.63, 3.8) is 0 Å². The molecule has 1 aliphatic carbocycles. The molecule has 7 atom stereocenters. The number of ether oxygens (including phenoxy) is 5. The van der Waals surface area contributed by atoms with Crippen LogP contribution in [0.3, 0.4) is 0 Å².